The summed E-state index contributed by atoms with van der Waals surface area (Å²) in [6, 6.07) is 8.35. The first-order valence-electron chi connectivity index (χ1n) is 6.69. The minimum absolute atomic E-state index is 0.324. The van der Waals surface area contributed by atoms with Gasteiger partial charge in [-0.3, -0.25) is 0 Å². The summed E-state index contributed by atoms with van der Waals surface area (Å²) < 4.78 is 24.5. The quantitative estimate of drug-likeness (QED) is 0.925. The highest BCUT2D eigenvalue weighted by Gasteiger charge is 2.17. The standard InChI is InChI=1S/C16H15ClFNO2/c1-20-13-2-3-14(18)15(8-13)19-9-11-7-12(17)6-10-4-5-21-16(10)11/h2-3,6-8,19H,4-5,9H2,1H3. The number of benzene rings is 2. The van der Waals surface area contributed by atoms with Gasteiger partial charge in [-0.25, -0.2) is 4.39 Å². The lowest BCUT2D eigenvalue weighted by molar-refractivity contribution is 0.354. The molecule has 0 aliphatic carbocycles. The predicted molar refractivity (Wildman–Crippen MR) is 80.9 cm³/mol. The fourth-order valence-corrected chi connectivity index (χ4v) is 2.70. The van der Waals surface area contributed by atoms with Crippen molar-refractivity contribution in [3.05, 3.63) is 52.3 Å². The van der Waals surface area contributed by atoms with Gasteiger partial charge in [-0.05, 0) is 29.8 Å². The van der Waals surface area contributed by atoms with E-state index in [9.17, 15) is 4.39 Å². The summed E-state index contributed by atoms with van der Waals surface area (Å²) in [6.45, 7) is 1.10. The summed E-state index contributed by atoms with van der Waals surface area (Å²) in [5.74, 6) is 1.14. The molecule has 3 nitrogen and oxygen atoms in total. The number of hydrogen-bond acceptors (Lipinski definition) is 3. The Morgan fingerprint density at radius 2 is 2.19 bits per heavy atom. The van der Waals surface area contributed by atoms with Gasteiger partial charge in [0.15, 0.2) is 0 Å². The van der Waals surface area contributed by atoms with Gasteiger partial charge in [-0.1, -0.05) is 11.6 Å². The van der Waals surface area contributed by atoms with Crippen LogP contribution in [0.25, 0.3) is 0 Å². The van der Waals surface area contributed by atoms with Crippen molar-refractivity contribution < 1.29 is 13.9 Å². The molecule has 5 heteroatoms. The zero-order valence-electron chi connectivity index (χ0n) is 11.6. The summed E-state index contributed by atoms with van der Waals surface area (Å²) in [7, 11) is 1.55. The van der Waals surface area contributed by atoms with E-state index in [0.717, 1.165) is 23.3 Å². The zero-order valence-corrected chi connectivity index (χ0v) is 12.3. The molecular formula is C16H15ClFNO2. The van der Waals surface area contributed by atoms with Crippen molar-refractivity contribution in [2.75, 3.05) is 19.0 Å². The Hall–Kier alpha value is -1.94. The van der Waals surface area contributed by atoms with Crippen molar-refractivity contribution in [1.82, 2.24) is 0 Å². The number of hydrogen-bond donors (Lipinski definition) is 1. The van der Waals surface area contributed by atoms with Crippen LogP contribution in [-0.4, -0.2) is 13.7 Å². The van der Waals surface area contributed by atoms with E-state index in [2.05, 4.69) is 5.32 Å². The molecule has 21 heavy (non-hydrogen) atoms. The predicted octanol–water partition coefficient (Wildman–Crippen LogP) is 4.03. The SMILES string of the molecule is COc1ccc(F)c(NCc2cc(Cl)cc3c2OCC3)c1. The first kappa shape index (κ1) is 14.0. The lowest BCUT2D eigenvalue weighted by atomic mass is 10.1. The molecule has 0 fully saturated rings. The summed E-state index contributed by atoms with van der Waals surface area (Å²) in [6.07, 6.45) is 0.858. The normalized spacial score (nSPS) is 12.7. The fourth-order valence-electron chi connectivity index (χ4n) is 2.43. The topological polar surface area (TPSA) is 30.5 Å². The molecule has 0 radical (unpaired) electrons. The van der Waals surface area contributed by atoms with Gasteiger partial charge in [-0.15, -0.1) is 0 Å². The molecule has 0 unspecified atom stereocenters. The smallest absolute Gasteiger partial charge is 0.146 e. The number of methoxy groups -OCH3 is 1. The van der Waals surface area contributed by atoms with Gasteiger partial charge in [-0.2, -0.15) is 0 Å². The highest BCUT2D eigenvalue weighted by atomic mass is 35.5. The summed E-state index contributed by atoms with van der Waals surface area (Å²) in [4.78, 5) is 0. The average Bonchev–Trinajstić information content (AvgIpc) is 2.94. The monoisotopic (exact) mass is 307 g/mol. The molecule has 0 bridgehead atoms. The molecule has 1 heterocycles. The van der Waals surface area contributed by atoms with Crippen molar-refractivity contribution >= 4 is 17.3 Å². The third kappa shape index (κ3) is 2.90. The van der Waals surface area contributed by atoms with Gasteiger partial charge in [0.2, 0.25) is 0 Å². The lowest BCUT2D eigenvalue weighted by Crippen LogP contribution is -2.03. The van der Waals surface area contributed by atoms with Gasteiger partial charge in [0.1, 0.15) is 17.3 Å². The van der Waals surface area contributed by atoms with Crippen LogP contribution >= 0.6 is 11.6 Å². The average molecular weight is 308 g/mol. The minimum Gasteiger partial charge on any atom is -0.497 e. The second kappa shape index (κ2) is 5.82. The number of nitrogens with one attached hydrogen (secondary N) is 1. The van der Waals surface area contributed by atoms with E-state index in [0.29, 0.717) is 29.6 Å². The van der Waals surface area contributed by atoms with Crippen LogP contribution < -0.4 is 14.8 Å². The molecule has 110 valence electrons. The summed E-state index contributed by atoms with van der Waals surface area (Å²) >= 11 is 6.11. The first-order chi connectivity index (χ1) is 10.2. The number of fused-ring (bicyclic) bond motifs is 1. The van der Waals surface area contributed by atoms with E-state index < -0.39 is 0 Å². The van der Waals surface area contributed by atoms with Gasteiger partial charge in [0, 0.05) is 29.6 Å². The number of ether oxygens (including phenoxy) is 2. The van der Waals surface area contributed by atoms with E-state index in [1.165, 1.54) is 6.07 Å². The Balaban J connectivity index is 1.82. The van der Waals surface area contributed by atoms with Gasteiger partial charge in [0.25, 0.3) is 0 Å². The van der Waals surface area contributed by atoms with Crippen molar-refractivity contribution in [3.63, 3.8) is 0 Å². The minimum atomic E-state index is -0.324. The lowest BCUT2D eigenvalue weighted by Gasteiger charge is -2.12. The molecule has 0 amide bonds. The van der Waals surface area contributed by atoms with Crippen LogP contribution in [0.2, 0.25) is 5.02 Å². The molecule has 0 atom stereocenters. The molecule has 1 aliphatic rings. The Morgan fingerprint density at radius 3 is 3.00 bits per heavy atom. The van der Waals surface area contributed by atoms with E-state index in [1.807, 2.05) is 12.1 Å². The van der Waals surface area contributed by atoms with Crippen molar-refractivity contribution in [1.29, 1.82) is 0 Å². The van der Waals surface area contributed by atoms with Crippen LogP contribution in [0.1, 0.15) is 11.1 Å². The van der Waals surface area contributed by atoms with Crippen LogP contribution in [0.15, 0.2) is 30.3 Å². The van der Waals surface area contributed by atoms with Crippen LogP contribution in [0.4, 0.5) is 10.1 Å². The van der Waals surface area contributed by atoms with Gasteiger partial charge < -0.3 is 14.8 Å². The van der Waals surface area contributed by atoms with E-state index in [4.69, 9.17) is 21.1 Å². The molecule has 3 rings (SSSR count). The maximum absolute atomic E-state index is 13.8. The molecule has 0 saturated heterocycles. The molecule has 1 N–H and O–H groups in total. The third-order valence-electron chi connectivity index (χ3n) is 3.47. The highest BCUT2D eigenvalue weighted by molar-refractivity contribution is 6.30. The van der Waals surface area contributed by atoms with Crippen molar-refractivity contribution in [3.8, 4) is 11.5 Å². The maximum atomic E-state index is 13.8. The zero-order chi connectivity index (χ0) is 14.8. The van der Waals surface area contributed by atoms with Crippen LogP contribution in [-0.2, 0) is 13.0 Å². The molecule has 2 aromatic rings. The largest absolute Gasteiger partial charge is 0.497 e. The Labute approximate surface area is 127 Å². The number of rotatable bonds is 4. The van der Waals surface area contributed by atoms with Crippen molar-refractivity contribution in [2.45, 2.75) is 13.0 Å². The Kier molecular flexibility index (Phi) is 3.88. The van der Waals surface area contributed by atoms with E-state index in [-0.39, 0.29) is 5.82 Å². The molecule has 0 spiro atoms. The number of halogens is 2. The summed E-state index contributed by atoms with van der Waals surface area (Å²) in [5.41, 5.74) is 2.42. The highest BCUT2D eigenvalue weighted by Crippen LogP contribution is 2.33. The molecule has 2 aromatic carbocycles. The molecular weight excluding hydrogens is 293 g/mol. The Morgan fingerprint density at radius 1 is 1.33 bits per heavy atom. The van der Waals surface area contributed by atoms with E-state index in [1.54, 1.807) is 19.2 Å². The second-order valence-electron chi connectivity index (χ2n) is 4.85. The first-order valence-corrected chi connectivity index (χ1v) is 7.06. The van der Waals surface area contributed by atoms with Gasteiger partial charge >= 0.3 is 0 Å². The number of anilines is 1. The fraction of sp³-hybridized carbons (Fsp3) is 0.250. The van der Waals surface area contributed by atoms with Crippen LogP contribution in [0, 0.1) is 5.82 Å². The van der Waals surface area contributed by atoms with E-state index >= 15 is 0 Å². The summed E-state index contributed by atoms with van der Waals surface area (Å²) in [5, 5.41) is 3.74. The third-order valence-corrected chi connectivity index (χ3v) is 3.69. The van der Waals surface area contributed by atoms with Crippen LogP contribution in [0.3, 0.4) is 0 Å². The molecule has 0 saturated carbocycles. The van der Waals surface area contributed by atoms with Gasteiger partial charge in [0.05, 0.1) is 19.4 Å². The maximum Gasteiger partial charge on any atom is 0.146 e. The molecule has 1 aliphatic heterocycles. The second-order valence-corrected chi connectivity index (χ2v) is 5.29. The van der Waals surface area contributed by atoms with Crippen LogP contribution in [0.5, 0.6) is 11.5 Å². The van der Waals surface area contributed by atoms with Crippen molar-refractivity contribution in [2.24, 2.45) is 0 Å². The Bertz CT molecular complexity index is 676. The molecule has 0 aromatic heterocycles.